The van der Waals surface area contributed by atoms with Gasteiger partial charge in [-0.3, -0.25) is 0 Å². The Morgan fingerprint density at radius 1 is 1.37 bits per heavy atom. The Balaban J connectivity index is 2.36. The molecule has 0 saturated heterocycles. The molecule has 1 N–H and O–H groups in total. The lowest BCUT2D eigenvalue weighted by molar-refractivity contribution is 0.596. The predicted molar refractivity (Wildman–Crippen MR) is 88.6 cm³/mol. The molecular weight excluding hydrogens is 396 g/mol. The molecule has 1 nitrogen and oxygen atoms in total. The summed E-state index contributed by atoms with van der Waals surface area (Å²) in [4.78, 5) is 1.16. The fraction of sp³-hybridized carbons (Fsp3) is 0.286. The van der Waals surface area contributed by atoms with Crippen molar-refractivity contribution in [1.82, 2.24) is 5.32 Å². The molecule has 0 radical (unpaired) electrons. The van der Waals surface area contributed by atoms with Crippen LogP contribution in [0.1, 0.15) is 29.8 Å². The fourth-order valence-corrected chi connectivity index (χ4v) is 3.82. The predicted octanol–water partition coefficient (Wildman–Crippen LogP) is 5.23. The van der Waals surface area contributed by atoms with Crippen LogP contribution in [0.5, 0.6) is 0 Å². The summed E-state index contributed by atoms with van der Waals surface area (Å²) in [6.45, 7) is 3.04. The highest BCUT2D eigenvalue weighted by atomic mass is 127. The van der Waals surface area contributed by atoms with E-state index in [0.717, 1.165) is 31.3 Å². The Morgan fingerprint density at radius 2 is 2.16 bits per heavy atom. The van der Waals surface area contributed by atoms with E-state index in [-0.39, 0.29) is 11.9 Å². The van der Waals surface area contributed by atoms with Gasteiger partial charge >= 0.3 is 0 Å². The molecule has 0 amide bonds. The van der Waals surface area contributed by atoms with Crippen LogP contribution in [0.2, 0.25) is 4.34 Å². The van der Waals surface area contributed by atoms with E-state index in [1.54, 1.807) is 17.4 Å². The molecule has 0 spiro atoms. The maximum Gasteiger partial charge on any atom is 0.124 e. The lowest BCUT2D eigenvalue weighted by atomic mass is 10.1. The first kappa shape index (κ1) is 15.2. The number of hydrogen-bond donors (Lipinski definition) is 1. The maximum absolute atomic E-state index is 13.2. The average molecular weight is 410 g/mol. The summed E-state index contributed by atoms with van der Waals surface area (Å²) in [7, 11) is 0. The molecule has 1 aromatic carbocycles. The summed E-state index contributed by atoms with van der Waals surface area (Å²) in [5, 5.41) is 3.50. The molecule has 0 bridgehead atoms. The van der Waals surface area contributed by atoms with E-state index in [4.69, 9.17) is 11.6 Å². The molecule has 0 fully saturated rings. The summed E-state index contributed by atoms with van der Waals surface area (Å²) in [5.41, 5.74) is 1.09. The Labute approximate surface area is 135 Å². The Hall–Kier alpha value is -0.170. The molecule has 0 aliphatic carbocycles. The van der Waals surface area contributed by atoms with Crippen LogP contribution in [0.3, 0.4) is 0 Å². The summed E-state index contributed by atoms with van der Waals surface area (Å²) < 4.78 is 14.9. The summed E-state index contributed by atoms with van der Waals surface area (Å²) in [6, 6.07) is 8.92. The van der Waals surface area contributed by atoms with E-state index in [2.05, 4.69) is 34.8 Å². The van der Waals surface area contributed by atoms with Crippen molar-refractivity contribution < 1.29 is 4.39 Å². The van der Waals surface area contributed by atoms with Crippen molar-refractivity contribution in [2.45, 2.75) is 19.4 Å². The molecule has 5 heteroatoms. The van der Waals surface area contributed by atoms with Gasteiger partial charge in [0.1, 0.15) is 5.82 Å². The van der Waals surface area contributed by atoms with Crippen LogP contribution < -0.4 is 5.32 Å². The number of benzene rings is 1. The third kappa shape index (κ3) is 3.90. The zero-order valence-corrected chi connectivity index (χ0v) is 14.2. The molecule has 0 aliphatic heterocycles. The zero-order valence-electron chi connectivity index (χ0n) is 10.4. The highest BCUT2D eigenvalue weighted by Crippen LogP contribution is 2.33. The Bertz CT molecular complexity index is 558. The van der Waals surface area contributed by atoms with Crippen LogP contribution in [0.15, 0.2) is 30.3 Å². The normalized spacial score (nSPS) is 12.6. The number of rotatable bonds is 5. The quantitative estimate of drug-likeness (QED) is 0.666. The second-order valence-electron chi connectivity index (χ2n) is 4.19. The molecule has 0 saturated carbocycles. The van der Waals surface area contributed by atoms with Crippen molar-refractivity contribution in [3.05, 3.63) is 54.5 Å². The van der Waals surface area contributed by atoms with E-state index < -0.39 is 0 Å². The second-order valence-corrected chi connectivity index (χ2v) is 7.10. The van der Waals surface area contributed by atoms with Gasteiger partial charge in [0.2, 0.25) is 0 Å². The topological polar surface area (TPSA) is 12.0 Å². The van der Waals surface area contributed by atoms with E-state index >= 15 is 0 Å². The van der Waals surface area contributed by atoms with Crippen LogP contribution in [-0.2, 0) is 0 Å². The van der Waals surface area contributed by atoms with Crippen molar-refractivity contribution in [3.63, 3.8) is 0 Å². The number of halogens is 3. The summed E-state index contributed by atoms with van der Waals surface area (Å²) >= 11 is 9.76. The molecule has 2 aromatic rings. The number of hydrogen-bond acceptors (Lipinski definition) is 2. The molecule has 1 aromatic heterocycles. The van der Waals surface area contributed by atoms with Gasteiger partial charge in [0.05, 0.1) is 10.4 Å². The molecule has 1 unspecified atom stereocenters. The average Bonchev–Trinajstić information content (AvgIpc) is 2.78. The van der Waals surface area contributed by atoms with Gasteiger partial charge < -0.3 is 5.32 Å². The molecule has 0 aliphatic rings. The highest BCUT2D eigenvalue weighted by Gasteiger charge is 2.18. The summed E-state index contributed by atoms with van der Waals surface area (Å²) in [5.74, 6) is -0.202. The van der Waals surface area contributed by atoms with Gasteiger partial charge in [-0.2, -0.15) is 0 Å². The molecule has 1 atom stereocenters. The smallest absolute Gasteiger partial charge is 0.124 e. The molecular formula is C14H14ClFINS. The van der Waals surface area contributed by atoms with Gasteiger partial charge in [-0.1, -0.05) is 24.6 Å². The van der Waals surface area contributed by atoms with Crippen molar-refractivity contribution in [2.75, 3.05) is 6.54 Å². The van der Waals surface area contributed by atoms with Crippen LogP contribution >= 0.6 is 45.5 Å². The fourth-order valence-electron chi connectivity index (χ4n) is 1.87. The molecule has 102 valence electrons. The van der Waals surface area contributed by atoms with Gasteiger partial charge in [-0.15, -0.1) is 11.3 Å². The lowest BCUT2D eigenvalue weighted by Crippen LogP contribution is -2.23. The van der Waals surface area contributed by atoms with Crippen LogP contribution in [-0.4, -0.2) is 6.54 Å². The lowest BCUT2D eigenvalue weighted by Gasteiger charge is -2.19. The minimum absolute atomic E-state index is 0.0740. The van der Waals surface area contributed by atoms with E-state index in [1.807, 2.05) is 18.2 Å². The Morgan fingerprint density at radius 3 is 2.74 bits per heavy atom. The van der Waals surface area contributed by atoms with E-state index in [9.17, 15) is 4.39 Å². The van der Waals surface area contributed by atoms with Gasteiger partial charge in [-0.05, 0) is 65.4 Å². The third-order valence-corrected chi connectivity index (χ3v) is 4.98. The number of nitrogens with one attached hydrogen (secondary N) is 1. The highest BCUT2D eigenvalue weighted by molar-refractivity contribution is 14.1. The van der Waals surface area contributed by atoms with E-state index in [1.165, 1.54) is 6.07 Å². The van der Waals surface area contributed by atoms with Crippen molar-refractivity contribution in [3.8, 4) is 0 Å². The van der Waals surface area contributed by atoms with Crippen molar-refractivity contribution in [1.29, 1.82) is 0 Å². The minimum atomic E-state index is -0.202. The summed E-state index contributed by atoms with van der Waals surface area (Å²) in [6.07, 6.45) is 1.05. The molecule has 2 rings (SSSR count). The van der Waals surface area contributed by atoms with Gasteiger partial charge in [0.25, 0.3) is 0 Å². The monoisotopic (exact) mass is 409 g/mol. The first-order valence-corrected chi connectivity index (χ1v) is 8.32. The van der Waals surface area contributed by atoms with E-state index in [0.29, 0.717) is 0 Å². The van der Waals surface area contributed by atoms with Crippen molar-refractivity contribution in [2.24, 2.45) is 0 Å². The van der Waals surface area contributed by atoms with Crippen molar-refractivity contribution >= 4 is 45.5 Å². The van der Waals surface area contributed by atoms with Gasteiger partial charge in [-0.25, -0.2) is 4.39 Å². The minimum Gasteiger partial charge on any atom is -0.306 e. The standard InChI is InChI=1S/C14H14ClFINS/c1-2-7-18-14(12-5-6-13(15)19-12)10-4-3-9(16)8-11(10)17/h3-6,8,14,18H,2,7H2,1H3. The molecule has 19 heavy (non-hydrogen) atoms. The van der Waals surface area contributed by atoms with Crippen LogP contribution in [0.4, 0.5) is 4.39 Å². The van der Waals surface area contributed by atoms with Crippen LogP contribution in [0.25, 0.3) is 0 Å². The SMILES string of the molecule is CCCNC(c1ccc(Cl)s1)c1ccc(F)cc1I. The Kier molecular flexibility index (Phi) is 5.62. The molecule has 1 heterocycles. The second kappa shape index (κ2) is 7.02. The largest absolute Gasteiger partial charge is 0.306 e. The first-order chi connectivity index (χ1) is 9.11. The van der Waals surface area contributed by atoms with Gasteiger partial charge in [0.15, 0.2) is 0 Å². The maximum atomic E-state index is 13.2. The van der Waals surface area contributed by atoms with Crippen LogP contribution in [0, 0.1) is 9.39 Å². The number of thiophene rings is 1. The third-order valence-electron chi connectivity index (χ3n) is 2.75. The first-order valence-electron chi connectivity index (χ1n) is 6.05. The zero-order chi connectivity index (χ0) is 13.8. The van der Waals surface area contributed by atoms with Gasteiger partial charge in [0, 0.05) is 8.45 Å².